The maximum Gasteiger partial charge on any atom is 0.0791 e. The van der Waals surface area contributed by atoms with E-state index in [-0.39, 0.29) is 6.10 Å². The molecule has 1 rings (SSSR count). The van der Waals surface area contributed by atoms with Gasteiger partial charge in [-0.25, -0.2) is 0 Å². The van der Waals surface area contributed by atoms with Crippen molar-refractivity contribution >= 4 is 0 Å². The van der Waals surface area contributed by atoms with Gasteiger partial charge in [0.2, 0.25) is 0 Å². The van der Waals surface area contributed by atoms with Crippen LogP contribution in [0.25, 0.3) is 0 Å². The molecule has 0 aliphatic heterocycles. The maximum atomic E-state index is 9.88. The Kier molecular flexibility index (Phi) is 5.90. The van der Waals surface area contributed by atoms with Gasteiger partial charge in [0.25, 0.3) is 0 Å². The van der Waals surface area contributed by atoms with E-state index in [1.165, 1.54) is 25.7 Å². The molecule has 1 saturated carbocycles. The smallest absolute Gasteiger partial charge is 0.0791 e. The van der Waals surface area contributed by atoms with Crippen molar-refractivity contribution in [3.05, 3.63) is 0 Å². The van der Waals surface area contributed by atoms with Crippen molar-refractivity contribution in [1.82, 2.24) is 10.2 Å². The second-order valence-electron chi connectivity index (χ2n) is 6.30. The topological polar surface area (TPSA) is 35.5 Å². The van der Waals surface area contributed by atoms with E-state index in [0.717, 1.165) is 13.1 Å². The van der Waals surface area contributed by atoms with E-state index < -0.39 is 0 Å². The van der Waals surface area contributed by atoms with Crippen LogP contribution in [0.2, 0.25) is 0 Å². The van der Waals surface area contributed by atoms with E-state index in [1.54, 1.807) is 0 Å². The lowest BCUT2D eigenvalue weighted by molar-refractivity contribution is 0.0724. The first kappa shape index (κ1) is 14.9. The lowest BCUT2D eigenvalue weighted by atomic mass is 9.75. The van der Waals surface area contributed by atoms with Crippen molar-refractivity contribution in [3.63, 3.8) is 0 Å². The molecule has 0 bridgehead atoms. The summed E-state index contributed by atoms with van der Waals surface area (Å²) >= 11 is 0. The molecule has 1 aliphatic rings. The first-order valence-corrected chi connectivity index (χ1v) is 7.03. The Labute approximate surface area is 107 Å². The van der Waals surface area contributed by atoms with E-state index in [9.17, 15) is 5.11 Å². The Bertz CT molecular complexity index is 208. The summed E-state index contributed by atoms with van der Waals surface area (Å²) in [6, 6.07) is 0.666. The average Bonchev–Trinajstić information content (AvgIpc) is 2.26. The summed E-state index contributed by atoms with van der Waals surface area (Å²) in [5.41, 5.74) is 0.528. The number of aliphatic hydroxyl groups excluding tert-OH is 1. The van der Waals surface area contributed by atoms with Crippen LogP contribution in [0.5, 0.6) is 0 Å². The van der Waals surface area contributed by atoms with Crippen molar-refractivity contribution in [3.8, 4) is 0 Å². The van der Waals surface area contributed by atoms with Gasteiger partial charge in [-0.3, -0.25) is 0 Å². The number of rotatable bonds is 6. The van der Waals surface area contributed by atoms with Crippen molar-refractivity contribution in [2.24, 2.45) is 5.41 Å². The number of hydrogen-bond donors (Lipinski definition) is 2. The molecule has 0 aromatic heterocycles. The fourth-order valence-electron chi connectivity index (χ4n) is 2.68. The molecule has 0 heterocycles. The molecule has 0 spiro atoms. The molecule has 17 heavy (non-hydrogen) atoms. The largest absolute Gasteiger partial charge is 0.390 e. The highest BCUT2D eigenvalue weighted by atomic mass is 16.3. The SMILES string of the molecule is CCNCC(O)CN(C)C1CCC(C)(C)CC1. The van der Waals surface area contributed by atoms with E-state index in [0.29, 0.717) is 18.0 Å². The standard InChI is InChI=1S/C14H30N2O/c1-5-15-10-13(17)11-16(4)12-6-8-14(2,3)9-7-12/h12-13,15,17H,5-11H2,1-4H3. The van der Waals surface area contributed by atoms with Gasteiger partial charge in [-0.1, -0.05) is 20.8 Å². The zero-order valence-electron chi connectivity index (χ0n) is 12.0. The molecule has 2 N–H and O–H groups in total. The molecule has 1 aliphatic carbocycles. The van der Waals surface area contributed by atoms with Gasteiger partial charge in [0.15, 0.2) is 0 Å². The molecular formula is C14H30N2O. The quantitative estimate of drug-likeness (QED) is 0.746. The highest BCUT2D eigenvalue weighted by Gasteiger charge is 2.29. The van der Waals surface area contributed by atoms with Crippen molar-refractivity contribution < 1.29 is 5.11 Å². The first-order valence-electron chi connectivity index (χ1n) is 7.03. The predicted molar refractivity (Wildman–Crippen MR) is 73.2 cm³/mol. The Morgan fingerprint density at radius 1 is 1.35 bits per heavy atom. The predicted octanol–water partition coefficient (Wildman–Crippen LogP) is 1.86. The number of hydrogen-bond acceptors (Lipinski definition) is 3. The average molecular weight is 242 g/mol. The molecule has 1 fully saturated rings. The number of nitrogens with zero attached hydrogens (tertiary/aromatic N) is 1. The molecule has 0 aromatic rings. The minimum atomic E-state index is -0.241. The van der Waals surface area contributed by atoms with Gasteiger partial charge in [-0.2, -0.15) is 0 Å². The third-order valence-corrected chi connectivity index (χ3v) is 4.06. The van der Waals surface area contributed by atoms with Gasteiger partial charge in [0.05, 0.1) is 6.10 Å². The van der Waals surface area contributed by atoms with E-state index in [4.69, 9.17) is 0 Å². The molecule has 1 atom stereocenters. The summed E-state index contributed by atoms with van der Waals surface area (Å²) in [5.74, 6) is 0. The van der Waals surface area contributed by atoms with Gasteiger partial charge in [0.1, 0.15) is 0 Å². The summed E-state index contributed by atoms with van der Waals surface area (Å²) < 4.78 is 0. The first-order chi connectivity index (χ1) is 7.94. The Morgan fingerprint density at radius 3 is 2.47 bits per heavy atom. The normalized spacial score (nSPS) is 22.9. The van der Waals surface area contributed by atoms with Crippen LogP contribution in [-0.2, 0) is 0 Å². The molecule has 1 unspecified atom stereocenters. The summed E-state index contributed by atoms with van der Waals surface area (Å²) in [5, 5.41) is 13.1. The highest BCUT2D eigenvalue weighted by molar-refractivity contribution is 4.83. The zero-order valence-corrected chi connectivity index (χ0v) is 12.0. The highest BCUT2D eigenvalue weighted by Crippen LogP contribution is 2.36. The number of likely N-dealkylation sites (N-methyl/N-ethyl adjacent to an activating group) is 2. The molecule has 0 saturated heterocycles. The fourth-order valence-corrected chi connectivity index (χ4v) is 2.68. The van der Waals surface area contributed by atoms with Gasteiger partial charge in [-0.15, -0.1) is 0 Å². The van der Waals surface area contributed by atoms with Crippen LogP contribution in [0.4, 0.5) is 0 Å². The second kappa shape index (κ2) is 6.72. The minimum Gasteiger partial charge on any atom is -0.390 e. The van der Waals surface area contributed by atoms with Gasteiger partial charge in [0, 0.05) is 19.1 Å². The Hall–Kier alpha value is -0.120. The molecule has 3 nitrogen and oxygen atoms in total. The summed E-state index contributed by atoms with van der Waals surface area (Å²) in [6.45, 7) is 9.22. The van der Waals surface area contributed by atoms with Crippen LogP contribution in [0.1, 0.15) is 46.5 Å². The second-order valence-corrected chi connectivity index (χ2v) is 6.30. The lowest BCUT2D eigenvalue weighted by Crippen LogP contribution is -2.43. The fraction of sp³-hybridized carbons (Fsp3) is 1.00. The van der Waals surface area contributed by atoms with Crippen molar-refractivity contribution in [2.75, 3.05) is 26.7 Å². The third-order valence-electron chi connectivity index (χ3n) is 4.06. The monoisotopic (exact) mass is 242 g/mol. The summed E-state index contributed by atoms with van der Waals surface area (Å²) in [6.07, 6.45) is 4.93. The van der Waals surface area contributed by atoms with Crippen LogP contribution in [0.3, 0.4) is 0 Å². The van der Waals surface area contributed by atoms with Crippen LogP contribution in [-0.4, -0.2) is 48.8 Å². The summed E-state index contributed by atoms with van der Waals surface area (Å²) in [7, 11) is 2.15. The van der Waals surface area contributed by atoms with Crippen molar-refractivity contribution in [2.45, 2.75) is 58.6 Å². The number of aliphatic hydroxyl groups is 1. The maximum absolute atomic E-state index is 9.88. The summed E-state index contributed by atoms with van der Waals surface area (Å²) in [4.78, 5) is 2.34. The molecular weight excluding hydrogens is 212 g/mol. The Balaban J connectivity index is 2.26. The molecule has 0 radical (unpaired) electrons. The van der Waals surface area contributed by atoms with Gasteiger partial charge >= 0.3 is 0 Å². The zero-order chi connectivity index (χ0) is 12.9. The molecule has 0 aromatic carbocycles. The van der Waals surface area contributed by atoms with Gasteiger partial charge < -0.3 is 15.3 Å². The van der Waals surface area contributed by atoms with E-state index >= 15 is 0 Å². The van der Waals surface area contributed by atoms with Crippen LogP contribution < -0.4 is 5.32 Å². The lowest BCUT2D eigenvalue weighted by Gasteiger charge is -2.39. The van der Waals surface area contributed by atoms with Crippen LogP contribution in [0, 0.1) is 5.41 Å². The minimum absolute atomic E-state index is 0.241. The molecule has 3 heteroatoms. The van der Waals surface area contributed by atoms with Gasteiger partial charge in [-0.05, 0) is 44.7 Å². The van der Waals surface area contributed by atoms with Crippen LogP contribution >= 0.6 is 0 Å². The molecule has 0 amide bonds. The number of nitrogens with one attached hydrogen (secondary N) is 1. The third kappa shape index (κ3) is 5.36. The van der Waals surface area contributed by atoms with E-state index in [1.807, 2.05) is 0 Å². The molecule has 102 valence electrons. The van der Waals surface area contributed by atoms with E-state index in [2.05, 4.69) is 38.0 Å². The van der Waals surface area contributed by atoms with Crippen molar-refractivity contribution in [1.29, 1.82) is 0 Å². The van der Waals surface area contributed by atoms with Crippen LogP contribution in [0.15, 0.2) is 0 Å². The Morgan fingerprint density at radius 2 is 1.94 bits per heavy atom.